The first-order chi connectivity index (χ1) is 5.81. The minimum atomic E-state index is -0.270. The van der Waals surface area contributed by atoms with Crippen molar-refractivity contribution in [3.8, 4) is 0 Å². The highest BCUT2D eigenvalue weighted by Gasteiger charge is 2.06. The van der Waals surface area contributed by atoms with Crippen LogP contribution in [0.1, 0.15) is 5.69 Å². The molecule has 0 aliphatic heterocycles. The van der Waals surface area contributed by atoms with Crippen LogP contribution in [0.25, 0.3) is 11.0 Å². The van der Waals surface area contributed by atoms with E-state index < -0.39 is 0 Å². The highest BCUT2D eigenvalue weighted by molar-refractivity contribution is 9.08. The van der Waals surface area contributed by atoms with Crippen LogP contribution < -0.4 is 0 Å². The molecule has 2 aromatic rings. The number of halogens is 2. The number of benzene rings is 1. The number of rotatable bonds is 1. The fourth-order valence-corrected chi connectivity index (χ4v) is 1.46. The lowest BCUT2D eigenvalue weighted by Crippen LogP contribution is -1.77. The van der Waals surface area contributed by atoms with Crippen LogP contribution in [0, 0.1) is 5.82 Å². The molecule has 0 spiro atoms. The second-order valence-electron chi connectivity index (χ2n) is 2.40. The van der Waals surface area contributed by atoms with Crippen molar-refractivity contribution in [1.82, 2.24) is 5.16 Å². The first-order valence-corrected chi connectivity index (χ1v) is 4.53. The van der Waals surface area contributed by atoms with Gasteiger partial charge in [-0.1, -0.05) is 21.1 Å². The van der Waals surface area contributed by atoms with Crippen molar-refractivity contribution in [3.63, 3.8) is 0 Å². The monoisotopic (exact) mass is 229 g/mol. The predicted octanol–water partition coefficient (Wildman–Crippen LogP) is 2.86. The average molecular weight is 230 g/mol. The Morgan fingerprint density at radius 2 is 2.33 bits per heavy atom. The maximum atomic E-state index is 12.7. The quantitative estimate of drug-likeness (QED) is 0.704. The molecule has 0 unspecified atom stereocenters. The van der Waals surface area contributed by atoms with E-state index in [2.05, 4.69) is 21.1 Å². The van der Waals surface area contributed by atoms with E-state index in [9.17, 15) is 4.39 Å². The Bertz CT molecular complexity index is 412. The number of fused-ring (bicyclic) bond motifs is 1. The van der Waals surface area contributed by atoms with Gasteiger partial charge < -0.3 is 4.52 Å². The molecule has 0 saturated heterocycles. The maximum Gasteiger partial charge on any atom is 0.167 e. The number of hydrogen-bond acceptors (Lipinski definition) is 2. The molecule has 1 heterocycles. The van der Waals surface area contributed by atoms with Crippen molar-refractivity contribution in [2.75, 3.05) is 0 Å². The zero-order valence-electron chi connectivity index (χ0n) is 6.05. The second-order valence-corrected chi connectivity index (χ2v) is 2.96. The SMILES string of the molecule is Fc1ccc2onc(CBr)c2c1. The topological polar surface area (TPSA) is 26.0 Å². The minimum absolute atomic E-state index is 0.270. The van der Waals surface area contributed by atoms with Crippen molar-refractivity contribution >= 4 is 26.9 Å². The van der Waals surface area contributed by atoms with Crippen molar-refractivity contribution in [3.05, 3.63) is 29.7 Å². The van der Waals surface area contributed by atoms with Crippen molar-refractivity contribution in [1.29, 1.82) is 0 Å². The number of alkyl halides is 1. The van der Waals surface area contributed by atoms with Crippen LogP contribution in [0.2, 0.25) is 0 Å². The number of hydrogen-bond donors (Lipinski definition) is 0. The van der Waals surface area contributed by atoms with E-state index >= 15 is 0 Å². The van der Waals surface area contributed by atoms with Gasteiger partial charge in [-0.05, 0) is 18.2 Å². The maximum absolute atomic E-state index is 12.7. The van der Waals surface area contributed by atoms with Crippen LogP contribution in [0.15, 0.2) is 22.7 Å². The fourth-order valence-electron chi connectivity index (χ4n) is 1.06. The second kappa shape index (κ2) is 2.86. The Balaban J connectivity index is 2.75. The highest BCUT2D eigenvalue weighted by atomic mass is 79.9. The van der Waals surface area contributed by atoms with E-state index in [4.69, 9.17) is 4.52 Å². The molecule has 0 aliphatic carbocycles. The fraction of sp³-hybridized carbons (Fsp3) is 0.125. The Morgan fingerprint density at radius 1 is 1.50 bits per heavy atom. The zero-order valence-corrected chi connectivity index (χ0v) is 7.64. The molecule has 4 heteroatoms. The summed E-state index contributed by atoms with van der Waals surface area (Å²) in [7, 11) is 0. The Morgan fingerprint density at radius 3 is 3.08 bits per heavy atom. The third-order valence-electron chi connectivity index (χ3n) is 1.63. The lowest BCUT2D eigenvalue weighted by Gasteiger charge is -1.88. The van der Waals surface area contributed by atoms with Gasteiger partial charge in [-0.2, -0.15) is 0 Å². The van der Waals surface area contributed by atoms with Gasteiger partial charge in [-0.3, -0.25) is 0 Å². The van der Waals surface area contributed by atoms with Gasteiger partial charge in [-0.15, -0.1) is 0 Å². The van der Waals surface area contributed by atoms with Gasteiger partial charge in [0.2, 0.25) is 0 Å². The third kappa shape index (κ3) is 1.12. The van der Waals surface area contributed by atoms with Crippen LogP contribution in [-0.2, 0) is 5.33 Å². The van der Waals surface area contributed by atoms with Crippen molar-refractivity contribution in [2.45, 2.75) is 5.33 Å². The van der Waals surface area contributed by atoms with Crippen molar-refractivity contribution < 1.29 is 8.91 Å². The molecule has 0 radical (unpaired) electrons. The van der Waals surface area contributed by atoms with Gasteiger partial charge in [-0.25, -0.2) is 4.39 Å². The Labute approximate surface area is 76.5 Å². The molecule has 2 nitrogen and oxygen atoms in total. The summed E-state index contributed by atoms with van der Waals surface area (Å²) in [5.74, 6) is -0.270. The summed E-state index contributed by atoms with van der Waals surface area (Å²) in [5, 5.41) is 5.07. The standard InChI is InChI=1S/C8H5BrFNO/c9-4-7-6-3-5(10)1-2-8(6)12-11-7/h1-3H,4H2. The molecular weight excluding hydrogens is 225 g/mol. The van der Waals surface area contributed by atoms with E-state index in [-0.39, 0.29) is 5.82 Å². The molecule has 0 bridgehead atoms. The van der Waals surface area contributed by atoms with Crippen LogP contribution in [0.4, 0.5) is 4.39 Å². The van der Waals surface area contributed by atoms with Gasteiger partial charge in [0, 0.05) is 10.7 Å². The van der Waals surface area contributed by atoms with Crippen LogP contribution in [0.3, 0.4) is 0 Å². The molecule has 0 amide bonds. The smallest absolute Gasteiger partial charge is 0.167 e. The Kier molecular flexibility index (Phi) is 1.84. The molecular formula is C8H5BrFNO. The summed E-state index contributed by atoms with van der Waals surface area (Å²) in [6.45, 7) is 0. The number of aromatic nitrogens is 1. The van der Waals surface area contributed by atoms with E-state index in [0.29, 0.717) is 10.9 Å². The highest BCUT2D eigenvalue weighted by Crippen LogP contribution is 2.20. The first-order valence-electron chi connectivity index (χ1n) is 3.41. The molecule has 12 heavy (non-hydrogen) atoms. The van der Waals surface area contributed by atoms with Gasteiger partial charge >= 0.3 is 0 Å². The summed E-state index contributed by atoms with van der Waals surface area (Å²) >= 11 is 3.24. The van der Waals surface area contributed by atoms with E-state index in [1.54, 1.807) is 6.07 Å². The third-order valence-corrected chi connectivity index (χ3v) is 2.16. The molecule has 0 atom stereocenters. The van der Waals surface area contributed by atoms with Gasteiger partial charge in [0.15, 0.2) is 5.58 Å². The zero-order chi connectivity index (χ0) is 8.55. The molecule has 0 aliphatic rings. The van der Waals surface area contributed by atoms with Gasteiger partial charge in [0.1, 0.15) is 11.5 Å². The molecule has 0 saturated carbocycles. The lowest BCUT2D eigenvalue weighted by atomic mass is 10.2. The first kappa shape index (κ1) is 7.73. The predicted molar refractivity (Wildman–Crippen MR) is 46.6 cm³/mol. The summed E-state index contributed by atoms with van der Waals surface area (Å²) in [4.78, 5) is 0. The molecule has 62 valence electrons. The largest absolute Gasteiger partial charge is 0.356 e. The van der Waals surface area contributed by atoms with Crippen molar-refractivity contribution in [2.24, 2.45) is 0 Å². The van der Waals surface area contributed by atoms with Gasteiger partial charge in [0.05, 0.1) is 0 Å². The lowest BCUT2D eigenvalue weighted by molar-refractivity contribution is 0.449. The van der Waals surface area contributed by atoms with E-state index in [1.165, 1.54) is 12.1 Å². The van der Waals surface area contributed by atoms with E-state index in [0.717, 1.165) is 11.1 Å². The summed E-state index contributed by atoms with van der Waals surface area (Å²) in [5.41, 5.74) is 1.34. The summed E-state index contributed by atoms with van der Waals surface area (Å²) in [6.07, 6.45) is 0. The van der Waals surface area contributed by atoms with Gasteiger partial charge in [0.25, 0.3) is 0 Å². The van der Waals surface area contributed by atoms with Crippen LogP contribution >= 0.6 is 15.9 Å². The molecule has 1 aromatic heterocycles. The summed E-state index contributed by atoms with van der Waals surface area (Å²) in [6, 6.07) is 4.35. The minimum Gasteiger partial charge on any atom is -0.356 e. The molecule has 0 N–H and O–H groups in total. The van der Waals surface area contributed by atoms with E-state index in [1.807, 2.05) is 0 Å². The Hall–Kier alpha value is -0.900. The van der Waals surface area contributed by atoms with Crippen LogP contribution in [-0.4, -0.2) is 5.16 Å². The normalized spacial score (nSPS) is 10.8. The summed E-state index contributed by atoms with van der Waals surface area (Å²) < 4.78 is 17.7. The molecule has 0 fully saturated rings. The van der Waals surface area contributed by atoms with Crippen LogP contribution in [0.5, 0.6) is 0 Å². The molecule has 1 aromatic carbocycles. The average Bonchev–Trinajstić information content (AvgIpc) is 2.46. The molecule has 2 rings (SSSR count). The number of nitrogens with zero attached hydrogens (tertiary/aromatic N) is 1.